The van der Waals surface area contributed by atoms with Gasteiger partial charge in [-0.3, -0.25) is 24.5 Å². The standard InChI is InChI=1S/C26H22ClN3O5/c1-16-3-7-18(8-4-16)15-28(25(32)19-9-12-21(27)22(13-19)30(34)35)23-14-24(31)29(26(23)33)20-10-5-17(2)6-11-20/h3-13,23H,14-15H2,1-2H3. The largest absolute Gasteiger partial charge is 0.322 e. The molecule has 35 heavy (non-hydrogen) atoms. The number of aryl methyl sites for hydroxylation is 2. The van der Waals surface area contributed by atoms with Gasteiger partial charge in [0, 0.05) is 18.2 Å². The molecule has 1 fully saturated rings. The lowest BCUT2D eigenvalue weighted by Crippen LogP contribution is -2.45. The van der Waals surface area contributed by atoms with Crippen molar-refractivity contribution in [3.63, 3.8) is 0 Å². The average molecular weight is 492 g/mol. The summed E-state index contributed by atoms with van der Waals surface area (Å²) in [4.78, 5) is 53.0. The first kappa shape index (κ1) is 24.1. The molecule has 3 aromatic rings. The average Bonchev–Trinajstić information content (AvgIpc) is 3.12. The number of nitro groups is 1. The van der Waals surface area contributed by atoms with E-state index in [0.29, 0.717) is 5.69 Å². The molecule has 1 aliphatic rings. The molecule has 1 unspecified atom stereocenters. The molecule has 1 heterocycles. The summed E-state index contributed by atoms with van der Waals surface area (Å²) in [5.74, 6) is -1.56. The number of hydrogen-bond acceptors (Lipinski definition) is 5. The molecule has 1 aliphatic heterocycles. The molecular weight excluding hydrogens is 470 g/mol. The van der Waals surface area contributed by atoms with Crippen LogP contribution in [0, 0.1) is 24.0 Å². The van der Waals surface area contributed by atoms with Crippen LogP contribution in [0.25, 0.3) is 0 Å². The molecule has 1 atom stereocenters. The number of imide groups is 1. The highest BCUT2D eigenvalue weighted by molar-refractivity contribution is 6.32. The third kappa shape index (κ3) is 4.93. The summed E-state index contributed by atoms with van der Waals surface area (Å²) >= 11 is 5.92. The van der Waals surface area contributed by atoms with E-state index in [9.17, 15) is 24.5 Å². The van der Waals surface area contributed by atoms with Crippen LogP contribution in [0.4, 0.5) is 11.4 Å². The molecule has 8 nitrogen and oxygen atoms in total. The van der Waals surface area contributed by atoms with Gasteiger partial charge in [0.1, 0.15) is 11.1 Å². The first-order chi connectivity index (χ1) is 16.7. The molecule has 0 N–H and O–H groups in total. The van der Waals surface area contributed by atoms with Crippen LogP contribution in [0.15, 0.2) is 66.7 Å². The molecule has 0 aliphatic carbocycles. The van der Waals surface area contributed by atoms with E-state index in [2.05, 4.69) is 0 Å². The predicted molar refractivity (Wildman–Crippen MR) is 131 cm³/mol. The van der Waals surface area contributed by atoms with Gasteiger partial charge in [0.25, 0.3) is 17.5 Å². The Kier molecular flexibility index (Phi) is 6.66. The van der Waals surface area contributed by atoms with Crippen molar-refractivity contribution in [3.05, 3.63) is 104 Å². The van der Waals surface area contributed by atoms with Crippen molar-refractivity contribution in [1.29, 1.82) is 0 Å². The Morgan fingerprint density at radius 3 is 2.23 bits per heavy atom. The fraction of sp³-hybridized carbons (Fsp3) is 0.192. The number of halogens is 1. The second-order valence-electron chi connectivity index (χ2n) is 8.46. The molecular formula is C26H22ClN3O5. The van der Waals surface area contributed by atoms with Crippen LogP contribution < -0.4 is 4.90 Å². The van der Waals surface area contributed by atoms with Crippen LogP contribution in [-0.2, 0) is 16.1 Å². The topological polar surface area (TPSA) is 101 Å². The Bertz CT molecular complexity index is 1320. The summed E-state index contributed by atoms with van der Waals surface area (Å²) < 4.78 is 0. The van der Waals surface area contributed by atoms with E-state index in [1.807, 2.05) is 38.1 Å². The van der Waals surface area contributed by atoms with Gasteiger partial charge in [-0.05, 0) is 43.7 Å². The second kappa shape index (κ2) is 9.68. The molecule has 9 heteroatoms. The fourth-order valence-electron chi connectivity index (χ4n) is 3.99. The number of amides is 3. The van der Waals surface area contributed by atoms with Gasteiger partial charge in [-0.2, -0.15) is 0 Å². The minimum Gasteiger partial charge on any atom is -0.322 e. The monoisotopic (exact) mass is 491 g/mol. The quantitative estimate of drug-likeness (QED) is 0.279. The third-order valence-corrected chi connectivity index (χ3v) is 6.23. The number of carbonyl (C=O) groups is 3. The van der Waals surface area contributed by atoms with Crippen molar-refractivity contribution >= 4 is 40.7 Å². The fourth-order valence-corrected chi connectivity index (χ4v) is 4.18. The lowest BCUT2D eigenvalue weighted by molar-refractivity contribution is -0.384. The summed E-state index contributed by atoms with van der Waals surface area (Å²) in [6, 6.07) is 17.1. The van der Waals surface area contributed by atoms with E-state index in [4.69, 9.17) is 11.6 Å². The lowest BCUT2D eigenvalue weighted by Gasteiger charge is -2.28. The highest BCUT2D eigenvalue weighted by Crippen LogP contribution is 2.30. The van der Waals surface area contributed by atoms with Crippen LogP contribution in [0.2, 0.25) is 5.02 Å². The molecule has 0 aromatic heterocycles. The Morgan fingerprint density at radius 1 is 1.03 bits per heavy atom. The summed E-state index contributed by atoms with van der Waals surface area (Å²) in [6.45, 7) is 3.87. The van der Waals surface area contributed by atoms with Crippen molar-refractivity contribution in [1.82, 2.24) is 4.90 Å². The molecule has 0 saturated carbocycles. The van der Waals surface area contributed by atoms with Crippen LogP contribution in [0.1, 0.15) is 33.5 Å². The second-order valence-corrected chi connectivity index (χ2v) is 8.87. The minimum absolute atomic E-state index is 0.00208. The SMILES string of the molecule is Cc1ccc(CN(C(=O)c2ccc(Cl)c([N+](=O)[O-])c2)C2CC(=O)N(c3ccc(C)cc3)C2=O)cc1. The van der Waals surface area contributed by atoms with E-state index >= 15 is 0 Å². The Labute approximate surface area is 206 Å². The smallest absolute Gasteiger partial charge is 0.288 e. The number of nitro benzene ring substituents is 1. The number of hydrogen-bond donors (Lipinski definition) is 0. The van der Waals surface area contributed by atoms with E-state index < -0.39 is 34.4 Å². The summed E-state index contributed by atoms with van der Waals surface area (Å²) in [5.41, 5.74) is 2.77. The first-order valence-electron chi connectivity index (χ1n) is 10.9. The van der Waals surface area contributed by atoms with Crippen molar-refractivity contribution in [2.45, 2.75) is 32.9 Å². The number of anilines is 1. The van der Waals surface area contributed by atoms with Crippen LogP contribution in [0.3, 0.4) is 0 Å². The van der Waals surface area contributed by atoms with E-state index in [0.717, 1.165) is 27.7 Å². The zero-order valence-corrected chi connectivity index (χ0v) is 19.9. The summed E-state index contributed by atoms with van der Waals surface area (Å²) in [6.07, 6.45) is -0.194. The lowest BCUT2D eigenvalue weighted by atomic mass is 10.1. The number of benzene rings is 3. The summed E-state index contributed by atoms with van der Waals surface area (Å²) in [7, 11) is 0. The van der Waals surface area contributed by atoms with Gasteiger partial charge in [0.05, 0.1) is 17.0 Å². The van der Waals surface area contributed by atoms with E-state index in [1.165, 1.54) is 17.0 Å². The molecule has 4 rings (SSSR count). The maximum atomic E-state index is 13.6. The normalized spacial score (nSPS) is 15.4. The Balaban J connectivity index is 1.72. The van der Waals surface area contributed by atoms with Gasteiger partial charge in [-0.25, -0.2) is 4.90 Å². The summed E-state index contributed by atoms with van der Waals surface area (Å²) in [5, 5.41) is 11.3. The van der Waals surface area contributed by atoms with Crippen molar-refractivity contribution < 1.29 is 19.3 Å². The van der Waals surface area contributed by atoms with E-state index in [1.54, 1.807) is 24.3 Å². The minimum atomic E-state index is -1.06. The number of nitrogens with zero attached hydrogens (tertiary/aromatic N) is 3. The molecule has 178 valence electrons. The molecule has 3 aromatic carbocycles. The molecule has 0 spiro atoms. The van der Waals surface area contributed by atoms with Gasteiger partial charge in [-0.1, -0.05) is 59.1 Å². The highest BCUT2D eigenvalue weighted by atomic mass is 35.5. The molecule has 0 radical (unpaired) electrons. The third-order valence-electron chi connectivity index (χ3n) is 5.92. The maximum absolute atomic E-state index is 13.6. The predicted octanol–water partition coefficient (Wildman–Crippen LogP) is 4.84. The molecule has 3 amide bonds. The number of rotatable bonds is 6. The number of carbonyl (C=O) groups excluding carboxylic acids is 3. The Hall–Kier alpha value is -4.04. The van der Waals surface area contributed by atoms with Crippen molar-refractivity contribution in [2.75, 3.05) is 4.90 Å². The van der Waals surface area contributed by atoms with Crippen LogP contribution in [-0.4, -0.2) is 33.6 Å². The van der Waals surface area contributed by atoms with Gasteiger partial charge in [-0.15, -0.1) is 0 Å². The Morgan fingerprint density at radius 2 is 1.63 bits per heavy atom. The van der Waals surface area contributed by atoms with Gasteiger partial charge in [0.2, 0.25) is 5.91 Å². The van der Waals surface area contributed by atoms with Crippen LogP contribution >= 0.6 is 11.6 Å². The highest BCUT2D eigenvalue weighted by Gasteiger charge is 2.44. The zero-order valence-electron chi connectivity index (χ0n) is 19.1. The van der Waals surface area contributed by atoms with Gasteiger partial charge < -0.3 is 4.90 Å². The maximum Gasteiger partial charge on any atom is 0.288 e. The van der Waals surface area contributed by atoms with E-state index in [-0.39, 0.29) is 23.6 Å². The van der Waals surface area contributed by atoms with Crippen molar-refractivity contribution in [2.24, 2.45) is 0 Å². The zero-order chi connectivity index (χ0) is 25.3. The first-order valence-corrected chi connectivity index (χ1v) is 11.3. The molecule has 1 saturated heterocycles. The van der Waals surface area contributed by atoms with Crippen molar-refractivity contribution in [3.8, 4) is 0 Å². The van der Waals surface area contributed by atoms with Crippen LogP contribution in [0.5, 0.6) is 0 Å². The molecule has 0 bridgehead atoms. The van der Waals surface area contributed by atoms with Gasteiger partial charge >= 0.3 is 0 Å². The van der Waals surface area contributed by atoms with Gasteiger partial charge in [0.15, 0.2) is 0 Å².